The Bertz CT molecular complexity index is 1070. The summed E-state index contributed by atoms with van der Waals surface area (Å²) in [6, 6.07) is 13.2. The van der Waals surface area contributed by atoms with E-state index < -0.39 is 46.1 Å². The minimum Gasteiger partial charge on any atom is -0.469 e. The van der Waals surface area contributed by atoms with Gasteiger partial charge in [0.15, 0.2) is 0 Å². The molecule has 2 aromatic rings. The van der Waals surface area contributed by atoms with Crippen molar-refractivity contribution in [3.05, 3.63) is 65.7 Å². The van der Waals surface area contributed by atoms with E-state index in [-0.39, 0.29) is 24.3 Å². The standard InChI is InChI=1S/C24H29NO7S/c1-4-32-24(28)23-19(21(26)15-22(27)31-3)14-20(17-8-6-5-7-9-17)25(23)33(29,30)18-12-10-16(2)11-13-18/h5-13,19-21,23,26H,4,14-15H2,1-3H3/t19-,20-,21+,23+/m0/s1. The maximum absolute atomic E-state index is 13.8. The van der Waals surface area contributed by atoms with E-state index in [9.17, 15) is 23.1 Å². The maximum atomic E-state index is 13.8. The van der Waals surface area contributed by atoms with Crippen molar-refractivity contribution in [1.29, 1.82) is 0 Å². The molecular formula is C24H29NO7S. The molecule has 8 nitrogen and oxygen atoms in total. The molecular weight excluding hydrogens is 446 g/mol. The number of carbonyl (C=O) groups excluding carboxylic acids is 2. The van der Waals surface area contributed by atoms with Gasteiger partial charge in [0.05, 0.1) is 37.2 Å². The van der Waals surface area contributed by atoms with Crippen molar-refractivity contribution in [3.63, 3.8) is 0 Å². The fraction of sp³-hybridized carbons (Fsp3) is 0.417. The van der Waals surface area contributed by atoms with Gasteiger partial charge in [0.1, 0.15) is 6.04 Å². The van der Waals surface area contributed by atoms with Gasteiger partial charge in [-0.2, -0.15) is 4.31 Å². The summed E-state index contributed by atoms with van der Waals surface area (Å²) in [5.74, 6) is -2.28. The number of nitrogens with zero attached hydrogens (tertiary/aromatic N) is 1. The van der Waals surface area contributed by atoms with Crippen LogP contribution in [0.3, 0.4) is 0 Å². The van der Waals surface area contributed by atoms with E-state index in [0.29, 0.717) is 5.56 Å². The zero-order chi connectivity index (χ0) is 24.2. The molecule has 1 saturated heterocycles. The van der Waals surface area contributed by atoms with Crippen molar-refractivity contribution in [2.24, 2.45) is 5.92 Å². The first-order chi connectivity index (χ1) is 15.7. The molecule has 0 aromatic heterocycles. The van der Waals surface area contributed by atoms with E-state index in [1.54, 1.807) is 43.3 Å². The van der Waals surface area contributed by atoms with Crippen LogP contribution in [-0.4, -0.2) is 55.6 Å². The van der Waals surface area contributed by atoms with Crippen LogP contribution in [0.5, 0.6) is 0 Å². The lowest BCUT2D eigenvalue weighted by atomic mass is 9.89. The third kappa shape index (κ3) is 5.26. The van der Waals surface area contributed by atoms with Crippen LogP contribution < -0.4 is 0 Å². The molecule has 1 fully saturated rings. The summed E-state index contributed by atoms with van der Waals surface area (Å²) in [5, 5.41) is 10.9. The van der Waals surface area contributed by atoms with Crippen LogP contribution >= 0.6 is 0 Å². The summed E-state index contributed by atoms with van der Waals surface area (Å²) in [7, 11) is -2.96. The van der Waals surface area contributed by atoms with Crippen molar-refractivity contribution in [2.45, 2.75) is 49.8 Å². The zero-order valence-electron chi connectivity index (χ0n) is 18.9. The van der Waals surface area contributed by atoms with Crippen LogP contribution in [0, 0.1) is 12.8 Å². The first kappa shape index (κ1) is 24.9. The molecule has 0 unspecified atom stereocenters. The molecule has 0 spiro atoms. The molecule has 1 heterocycles. The van der Waals surface area contributed by atoms with Gasteiger partial charge < -0.3 is 14.6 Å². The lowest BCUT2D eigenvalue weighted by Gasteiger charge is -2.30. The molecule has 0 radical (unpaired) electrons. The van der Waals surface area contributed by atoms with Gasteiger partial charge in [-0.3, -0.25) is 9.59 Å². The fourth-order valence-electron chi connectivity index (χ4n) is 4.26. The number of aliphatic hydroxyl groups is 1. The Morgan fingerprint density at radius 3 is 2.33 bits per heavy atom. The van der Waals surface area contributed by atoms with Gasteiger partial charge in [0.2, 0.25) is 10.0 Å². The zero-order valence-corrected chi connectivity index (χ0v) is 19.7. The minimum atomic E-state index is -4.16. The van der Waals surface area contributed by atoms with Gasteiger partial charge in [-0.15, -0.1) is 0 Å². The van der Waals surface area contributed by atoms with Crippen molar-refractivity contribution in [1.82, 2.24) is 4.31 Å². The number of esters is 2. The van der Waals surface area contributed by atoms with E-state index in [2.05, 4.69) is 4.74 Å². The number of rotatable bonds is 8. The normalized spacial score (nSPS) is 22.0. The van der Waals surface area contributed by atoms with Crippen LogP contribution in [-0.2, 0) is 29.1 Å². The van der Waals surface area contributed by atoms with Gasteiger partial charge in [-0.05, 0) is 38.0 Å². The van der Waals surface area contributed by atoms with E-state index in [4.69, 9.17) is 4.74 Å². The number of carbonyl (C=O) groups is 2. The SMILES string of the molecule is CCOC(=O)[C@H]1[C@H]([C@H](O)CC(=O)OC)C[C@@H](c2ccccc2)N1S(=O)(=O)c1ccc(C)cc1. The topological polar surface area (TPSA) is 110 Å². The molecule has 1 aliphatic heterocycles. The van der Waals surface area contributed by atoms with Crippen LogP contribution in [0.25, 0.3) is 0 Å². The van der Waals surface area contributed by atoms with E-state index in [0.717, 1.165) is 9.87 Å². The number of ether oxygens (including phenoxy) is 2. The number of aryl methyl sites for hydroxylation is 1. The van der Waals surface area contributed by atoms with Gasteiger partial charge in [-0.1, -0.05) is 48.0 Å². The highest BCUT2D eigenvalue weighted by atomic mass is 32.2. The van der Waals surface area contributed by atoms with Crippen molar-refractivity contribution >= 4 is 22.0 Å². The summed E-state index contributed by atoms with van der Waals surface area (Å²) in [6.07, 6.45) is -1.52. The van der Waals surface area contributed by atoms with Gasteiger partial charge in [0.25, 0.3) is 0 Å². The van der Waals surface area contributed by atoms with Gasteiger partial charge >= 0.3 is 11.9 Å². The van der Waals surface area contributed by atoms with Crippen LogP contribution in [0.4, 0.5) is 0 Å². The maximum Gasteiger partial charge on any atom is 0.324 e. The summed E-state index contributed by atoms with van der Waals surface area (Å²) in [6.45, 7) is 3.52. The summed E-state index contributed by atoms with van der Waals surface area (Å²) in [4.78, 5) is 24.9. The highest BCUT2D eigenvalue weighted by Gasteiger charge is 2.54. The third-order valence-corrected chi connectivity index (χ3v) is 7.79. The predicted octanol–water partition coefficient (Wildman–Crippen LogP) is 2.60. The van der Waals surface area contributed by atoms with Crippen molar-refractivity contribution in [3.8, 4) is 0 Å². The first-order valence-electron chi connectivity index (χ1n) is 10.8. The highest BCUT2D eigenvalue weighted by molar-refractivity contribution is 7.89. The Hall–Kier alpha value is -2.75. The molecule has 4 atom stereocenters. The van der Waals surface area contributed by atoms with Crippen molar-refractivity contribution in [2.75, 3.05) is 13.7 Å². The largest absolute Gasteiger partial charge is 0.469 e. The third-order valence-electron chi connectivity index (χ3n) is 5.89. The smallest absolute Gasteiger partial charge is 0.324 e. The Labute approximate surface area is 194 Å². The van der Waals surface area contributed by atoms with Crippen LogP contribution in [0.1, 0.15) is 36.9 Å². The molecule has 9 heteroatoms. The number of methoxy groups -OCH3 is 1. The number of hydrogen-bond donors (Lipinski definition) is 1. The molecule has 1 N–H and O–H groups in total. The molecule has 178 valence electrons. The number of sulfonamides is 1. The molecule has 0 aliphatic carbocycles. The fourth-order valence-corrected chi connectivity index (χ4v) is 6.07. The second kappa shape index (κ2) is 10.5. The molecule has 0 amide bonds. The minimum absolute atomic E-state index is 0.0337. The second-order valence-electron chi connectivity index (χ2n) is 8.02. The Kier molecular flexibility index (Phi) is 7.88. The molecule has 33 heavy (non-hydrogen) atoms. The van der Waals surface area contributed by atoms with E-state index in [1.165, 1.54) is 19.2 Å². The molecule has 0 bridgehead atoms. The highest BCUT2D eigenvalue weighted by Crippen LogP contribution is 2.46. The van der Waals surface area contributed by atoms with Crippen LogP contribution in [0.15, 0.2) is 59.5 Å². The number of aliphatic hydroxyl groups excluding tert-OH is 1. The lowest BCUT2D eigenvalue weighted by Crippen LogP contribution is -2.47. The van der Waals surface area contributed by atoms with Gasteiger partial charge in [0, 0.05) is 5.92 Å². The quantitative estimate of drug-likeness (QED) is 0.584. The summed E-state index contributed by atoms with van der Waals surface area (Å²) >= 11 is 0. The molecule has 0 saturated carbocycles. The molecule has 2 aromatic carbocycles. The van der Waals surface area contributed by atoms with E-state index >= 15 is 0 Å². The predicted molar refractivity (Wildman–Crippen MR) is 121 cm³/mol. The Balaban J connectivity index is 2.14. The summed E-state index contributed by atoms with van der Waals surface area (Å²) in [5.41, 5.74) is 1.57. The Morgan fingerprint density at radius 2 is 1.76 bits per heavy atom. The average molecular weight is 476 g/mol. The molecule has 1 aliphatic rings. The van der Waals surface area contributed by atoms with Crippen LogP contribution in [0.2, 0.25) is 0 Å². The second-order valence-corrected chi connectivity index (χ2v) is 9.86. The summed E-state index contributed by atoms with van der Waals surface area (Å²) < 4.78 is 38.7. The first-order valence-corrected chi connectivity index (χ1v) is 12.2. The van der Waals surface area contributed by atoms with Gasteiger partial charge in [-0.25, -0.2) is 8.42 Å². The average Bonchev–Trinajstić information content (AvgIpc) is 3.22. The number of benzene rings is 2. The number of hydrogen-bond acceptors (Lipinski definition) is 7. The van der Waals surface area contributed by atoms with E-state index in [1.807, 2.05) is 13.0 Å². The lowest BCUT2D eigenvalue weighted by molar-refractivity contribution is -0.152. The molecule has 3 rings (SSSR count). The Morgan fingerprint density at radius 1 is 1.12 bits per heavy atom. The monoisotopic (exact) mass is 475 g/mol. The van der Waals surface area contributed by atoms with Crippen molar-refractivity contribution < 1.29 is 32.6 Å².